The van der Waals surface area contributed by atoms with Gasteiger partial charge in [0, 0.05) is 6.07 Å². The Balaban J connectivity index is 1.76. The van der Waals surface area contributed by atoms with Crippen molar-refractivity contribution in [2.24, 2.45) is 0 Å². The molecule has 20 heavy (non-hydrogen) atoms. The quantitative estimate of drug-likeness (QED) is 0.824. The zero-order chi connectivity index (χ0) is 14.4. The number of carbonyl (C=O) groups is 1. The highest BCUT2D eigenvalue weighted by atomic mass is 16.5. The van der Waals surface area contributed by atoms with E-state index in [0.29, 0.717) is 6.54 Å². The van der Waals surface area contributed by atoms with Crippen LogP contribution in [0.4, 0.5) is 0 Å². The first-order chi connectivity index (χ1) is 9.69. The highest BCUT2D eigenvalue weighted by Gasteiger charge is 2.22. The van der Waals surface area contributed by atoms with Crippen LogP contribution in [0.2, 0.25) is 0 Å². The zero-order valence-corrected chi connectivity index (χ0v) is 12.0. The number of methoxy groups -OCH3 is 1. The van der Waals surface area contributed by atoms with Crippen molar-refractivity contribution in [1.82, 2.24) is 10.6 Å². The second-order valence-corrected chi connectivity index (χ2v) is 5.00. The highest BCUT2D eigenvalue weighted by molar-refractivity contribution is 5.82. The van der Waals surface area contributed by atoms with Crippen LogP contribution in [0, 0.1) is 0 Å². The molecule has 1 aromatic carbocycles. The molecule has 0 saturated carbocycles. The maximum Gasteiger partial charge on any atom is 0.237 e. The number of hydrogen-bond acceptors (Lipinski definition) is 4. The third-order valence-corrected chi connectivity index (χ3v) is 3.32. The molecule has 5 heteroatoms. The molecule has 1 aliphatic heterocycles. The standard InChI is InChI=1S/C15H22N2O3/c1-11(10-17-15(18)14-7-4-8-16-14)20-13-6-3-5-12(9-13)19-2/h3,5-6,9,11,14,16H,4,7-8,10H2,1-2H3,(H,17,18). The second-order valence-electron chi connectivity index (χ2n) is 5.00. The van der Waals surface area contributed by atoms with E-state index in [4.69, 9.17) is 9.47 Å². The lowest BCUT2D eigenvalue weighted by molar-refractivity contribution is -0.123. The second kappa shape index (κ2) is 7.14. The first-order valence-corrected chi connectivity index (χ1v) is 7.01. The highest BCUT2D eigenvalue weighted by Crippen LogP contribution is 2.19. The fraction of sp³-hybridized carbons (Fsp3) is 0.533. The van der Waals surface area contributed by atoms with Crippen molar-refractivity contribution < 1.29 is 14.3 Å². The molecule has 2 unspecified atom stereocenters. The van der Waals surface area contributed by atoms with E-state index in [0.717, 1.165) is 30.9 Å². The molecule has 1 heterocycles. The first-order valence-electron chi connectivity index (χ1n) is 7.01. The molecule has 0 spiro atoms. The van der Waals surface area contributed by atoms with Gasteiger partial charge in [-0.05, 0) is 38.4 Å². The van der Waals surface area contributed by atoms with Gasteiger partial charge in [-0.3, -0.25) is 4.79 Å². The summed E-state index contributed by atoms with van der Waals surface area (Å²) < 4.78 is 10.9. The van der Waals surface area contributed by atoms with Gasteiger partial charge >= 0.3 is 0 Å². The molecular formula is C15H22N2O3. The number of rotatable bonds is 6. The normalized spacial score (nSPS) is 19.4. The van der Waals surface area contributed by atoms with Crippen LogP contribution in [-0.4, -0.2) is 38.3 Å². The molecule has 0 aliphatic carbocycles. The summed E-state index contributed by atoms with van der Waals surface area (Å²) in [4.78, 5) is 11.9. The number of ether oxygens (including phenoxy) is 2. The van der Waals surface area contributed by atoms with Gasteiger partial charge in [0.05, 0.1) is 19.7 Å². The molecule has 1 saturated heterocycles. The summed E-state index contributed by atoms with van der Waals surface area (Å²) in [5, 5.41) is 6.09. The fourth-order valence-corrected chi connectivity index (χ4v) is 2.22. The van der Waals surface area contributed by atoms with Gasteiger partial charge in [0.1, 0.15) is 17.6 Å². The van der Waals surface area contributed by atoms with E-state index in [2.05, 4.69) is 10.6 Å². The van der Waals surface area contributed by atoms with E-state index in [9.17, 15) is 4.79 Å². The average molecular weight is 278 g/mol. The van der Waals surface area contributed by atoms with Crippen molar-refractivity contribution in [2.45, 2.75) is 31.9 Å². The third-order valence-electron chi connectivity index (χ3n) is 3.32. The van der Waals surface area contributed by atoms with E-state index in [1.54, 1.807) is 7.11 Å². The van der Waals surface area contributed by atoms with Crippen molar-refractivity contribution in [3.63, 3.8) is 0 Å². The van der Waals surface area contributed by atoms with E-state index < -0.39 is 0 Å². The van der Waals surface area contributed by atoms with Crippen molar-refractivity contribution in [3.05, 3.63) is 24.3 Å². The molecule has 1 fully saturated rings. The topological polar surface area (TPSA) is 59.6 Å². The number of carbonyl (C=O) groups excluding carboxylic acids is 1. The van der Waals surface area contributed by atoms with Gasteiger partial charge in [0.15, 0.2) is 0 Å². The summed E-state index contributed by atoms with van der Waals surface area (Å²) >= 11 is 0. The van der Waals surface area contributed by atoms with E-state index in [1.807, 2.05) is 31.2 Å². The van der Waals surface area contributed by atoms with Crippen molar-refractivity contribution in [3.8, 4) is 11.5 Å². The third kappa shape index (κ3) is 4.13. The largest absolute Gasteiger partial charge is 0.497 e. The molecule has 2 N–H and O–H groups in total. The van der Waals surface area contributed by atoms with Crippen molar-refractivity contribution >= 4 is 5.91 Å². The number of nitrogens with one attached hydrogen (secondary N) is 2. The van der Waals surface area contributed by atoms with Gasteiger partial charge in [0.25, 0.3) is 0 Å². The summed E-state index contributed by atoms with van der Waals surface area (Å²) in [6, 6.07) is 7.41. The molecule has 1 aromatic rings. The molecular weight excluding hydrogens is 256 g/mol. The lowest BCUT2D eigenvalue weighted by Crippen LogP contribution is -2.43. The summed E-state index contributed by atoms with van der Waals surface area (Å²) in [6.07, 6.45) is 1.89. The molecule has 0 radical (unpaired) electrons. The molecule has 0 bridgehead atoms. The van der Waals surface area contributed by atoms with Gasteiger partial charge < -0.3 is 20.1 Å². The van der Waals surface area contributed by atoms with Crippen LogP contribution >= 0.6 is 0 Å². The number of hydrogen-bond donors (Lipinski definition) is 2. The minimum Gasteiger partial charge on any atom is -0.497 e. The molecule has 110 valence electrons. The molecule has 2 rings (SSSR count). The van der Waals surface area contributed by atoms with Crippen molar-refractivity contribution in [2.75, 3.05) is 20.2 Å². The summed E-state index contributed by atoms with van der Waals surface area (Å²) in [6.45, 7) is 3.35. The molecule has 5 nitrogen and oxygen atoms in total. The monoisotopic (exact) mass is 278 g/mol. The van der Waals surface area contributed by atoms with Gasteiger partial charge in [0.2, 0.25) is 5.91 Å². The Bertz CT molecular complexity index is 444. The van der Waals surface area contributed by atoms with Crippen molar-refractivity contribution in [1.29, 1.82) is 0 Å². The van der Waals surface area contributed by atoms with Crippen LogP contribution in [0.1, 0.15) is 19.8 Å². The minimum absolute atomic E-state index is 0.0426. The number of benzene rings is 1. The predicted molar refractivity (Wildman–Crippen MR) is 77.1 cm³/mol. The van der Waals surface area contributed by atoms with Crippen LogP contribution < -0.4 is 20.1 Å². The zero-order valence-electron chi connectivity index (χ0n) is 12.0. The van der Waals surface area contributed by atoms with E-state index in [1.165, 1.54) is 0 Å². The average Bonchev–Trinajstić information content (AvgIpc) is 2.99. The van der Waals surface area contributed by atoms with E-state index in [-0.39, 0.29) is 18.1 Å². The number of amides is 1. The van der Waals surface area contributed by atoms with Crippen LogP contribution in [0.3, 0.4) is 0 Å². The van der Waals surface area contributed by atoms with Gasteiger partial charge in [-0.15, -0.1) is 0 Å². The lowest BCUT2D eigenvalue weighted by atomic mass is 10.2. The Morgan fingerprint density at radius 3 is 3.00 bits per heavy atom. The van der Waals surface area contributed by atoms with Crippen LogP contribution in [-0.2, 0) is 4.79 Å². The van der Waals surface area contributed by atoms with Crippen LogP contribution in [0.25, 0.3) is 0 Å². The SMILES string of the molecule is COc1cccc(OC(C)CNC(=O)C2CCCN2)c1. The Hall–Kier alpha value is -1.75. The Labute approximate surface area is 119 Å². The van der Waals surface area contributed by atoms with E-state index >= 15 is 0 Å². The Kier molecular flexibility index (Phi) is 5.24. The minimum atomic E-state index is -0.0903. The molecule has 1 amide bonds. The summed E-state index contributed by atoms with van der Waals surface area (Å²) in [7, 11) is 1.62. The van der Waals surface area contributed by atoms with Gasteiger partial charge in [-0.1, -0.05) is 6.07 Å². The Morgan fingerprint density at radius 2 is 2.30 bits per heavy atom. The summed E-state index contributed by atoms with van der Waals surface area (Å²) in [5.41, 5.74) is 0. The maximum atomic E-state index is 11.9. The fourth-order valence-electron chi connectivity index (χ4n) is 2.22. The first kappa shape index (κ1) is 14.7. The maximum absolute atomic E-state index is 11.9. The van der Waals surface area contributed by atoms with Crippen LogP contribution in [0.15, 0.2) is 24.3 Å². The Morgan fingerprint density at radius 1 is 1.50 bits per heavy atom. The molecule has 0 aromatic heterocycles. The molecule has 2 atom stereocenters. The predicted octanol–water partition coefficient (Wildman–Crippen LogP) is 1.33. The smallest absolute Gasteiger partial charge is 0.237 e. The molecule has 1 aliphatic rings. The van der Waals surface area contributed by atoms with Crippen LogP contribution in [0.5, 0.6) is 11.5 Å². The van der Waals surface area contributed by atoms with Gasteiger partial charge in [-0.2, -0.15) is 0 Å². The summed E-state index contributed by atoms with van der Waals surface area (Å²) in [5.74, 6) is 1.56. The van der Waals surface area contributed by atoms with Gasteiger partial charge in [-0.25, -0.2) is 0 Å². The lowest BCUT2D eigenvalue weighted by Gasteiger charge is -2.17.